The molecule has 0 atom stereocenters. The van der Waals surface area contributed by atoms with Gasteiger partial charge in [0.2, 0.25) is 0 Å². The van der Waals surface area contributed by atoms with Crippen LogP contribution in [0.1, 0.15) is 11.1 Å². The lowest BCUT2D eigenvalue weighted by Crippen LogP contribution is -2.13. The second-order valence-electron chi connectivity index (χ2n) is 6.40. The van der Waals surface area contributed by atoms with Crippen molar-refractivity contribution >= 4 is 33.6 Å². The molecule has 1 amide bonds. The maximum atomic E-state index is 13.9. The van der Waals surface area contributed by atoms with Crippen LogP contribution in [0.3, 0.4) is 0 Å². The summed E-state index contributed by atoms with van der Waals surface area (Å²) in [5.41, 5.74) is 1.48. The van der Waals surface area contributed by atoms with Gasteiger partial charge >= 0.3 is 0 Å². The highest BCUT2D eigenvalue weighted by atomic mass is 79.9. The number of nitrogens with zero attached hydrogens (tertiary/aromatic N) is 1. The number of anilines is 1. The summed E-state index contributed by atoms with van der Waals surface area (Å²) in [6, 6.07) is 20.4. The number of amides is 1. The average Bonchev–Trinajstić information content (AvgIpc) is 2.78. The van der Waals surface area contributed by atoms with Crippen LogP contribution in [-0.2, 0) is 11.4 Å². The first-order valence-electron chi connectivity index (χ1n) is 9.23. The first kappa shape index (κ1) is 22.1. The third-order valence-corrected chi connectivity index (χ3v) is 4.88. The van der Waals surface area contributed by atoms with Gasteiger partial charge in [-0.05, 0) is 57.9 Å². The second-order valence-corrected chi connectivity index (χ2v) is 7.26. The Labute approximate surface area is 187 Å². The molecule has 31 heavy (non-hydrogen) atoms. The van der Waals surface area contributed by atoms with Gasteiger partial charge < -0.3 is 14.8 Å². The van der Waals surface area contributed by atoms with E-state index in [2.05, 4.69) is 21.2 Å². The van der Waals surface area contributed by atoms with E-state index in [0.717, 1.165) is 0 Å². The Morgan fingerprint density at radius 3 is 2.55 bits per heavy atom. The number of carbonyl (C=O) groups is 1. The number of ether oxygens (including phenoxy) is 2. The van der Waals surface area contributed by atoms with Crippen LogP contribution >= 0.6 is 15.9 Å². The number of nitrogens with one attached hydrogen (secondary N) is 1. The minimum Gasteiger partial charge on any atom is -0.493 e. The van der Waals surface area contributed by atoms with Gasteiger partial charge in [-0.3, -0.25) is 4.79 Å². The van der Waals surface area contributed by atoms with Crippen molar-refractivity contribution in [2.45, 2.75) is 6.61 Å². The zero-order valence-electron chi connectivity index (χ0n) is 16.6. The lowest BCUT2D eigenvalue weighted by Gasteiger charge is -2.14. The molecule has 156 valence electrons. The van der Waals surface area contributed by atoms with Crippen LogP contribution in [0, 0.1) is 17.1 Å². The fourth-order valence-electron chi connectivity index (χ4n) is 2.76. The zero-order valence-corrected chi connectivity index (χ0v) is 18.1. The monoisotopic (exact) mass is 480 g/mol. The molecule has 0 aliphatic carbocycles. The summed E-state index contributed by atoms with van der Waals surface area (Å²) in [4.78, 5) is 12.4. The van der Waals surface area contributed by atoms with Crippen LogP contribution < -0.4 is 14.8 Å². The molecule has 3 rings (SSSR count). The Morgan fingerprint density at radius 1 is 1.16 bits per heavy atom. The molecule has 0 saturated carbocycles. The number of rotatable bonds is 7. The van der Waals surface area contributed by atoms with Crippen LogP contribution in [0.25, 0.3) is 6.08 Å². The molecular weight excluding hydrogens is 463 g/mol. The van der Waals surface area contributed by atoms with Crippen molar-refractivity contribution in [1.82, 2.24) is 0 Å². The van der Waals surface area contributed by atoms with Crippen molar-refractivity contribution in [2.75, 3.05) is 12.4 Å². The molecule has 0 bridgehead atoms. The van der Waals surface area contributed by atoms with Crippen molar-refractivity contribution in [2.24, 2.45) is 0 Å². The molecule has 5 nitrogen and oxygen atoms in total. The molecule has 1 N–H and O–H groups in total. The predicted molar refractivity (Wildman–Crippen MR) is 120 cm³/mol. The first-order chi connectivity index (χ1) is 15.0. The molecule has 3 aromatic carbocycles. The number of benzene rings is 3. The van der Waals surface area contributed by atoms with Crippen LogP contribution in [0.2, 0.25) is 0 Å². The minimum absolute atomic E-state index is 0.0136. The number of hydrogen-bond acceptors (Lipinski definition) is 4. The van der Waals surface area contributed by atoms with E-state index in [-0.39, 0.29) is 18.0 Å². The maximum Gasteiger partial charge on any atom is 0.266 e. The maximum absolute atomic E-state index is 13.9. The van der Waals surface area contributed by atoms with E-state index in [0.29, 0.717) is 32.8 Å². The Kier molecular flexibility index (Phi) is 7.41. The van der Waals surface area contributed by atoms with Crippen LogP contribution in [0.5, 0.6) is 11.5 Å². The molecule has 0 fully saturated rings. The Morgan fingerprint density at radius 2 is 1.87 bits per heavy atom. The molecule has 0 radical (unpaired) electrons. The molecule has 3 aromatic rings. The zero-order chi connectivity index (χ0) is 22.2. The summed E-state index contributed by atoms with van der Waals surface area (Å²) >= 11 is 3.42. The van der Waals surface area contributed by atoms with Crippen molar-refractivity contribution < 1.29 is 18.7 Å². The van der Waals surface area contributed by atoms with Crippen molar-refractivity contribution in [3.63, 3.8) is 0 Å². The van der Waals surface area contributed by atoms with E-state index in [4.69, 9.17) is 9.47 Å². The van der Waals surface area contributed by atoms with Gasteiger partial charge in [-0.1, -0.05) is 36.4 Å². The summed E-state index contributed by atoms with van der Waals surface area (Å²) in [7, 11) is 1.47. The highest BCUT2D eigenvalue weighted by Crippen LogP contribution is 2.38. The van der Waals surface area contributed by atoms with Gasteiger partial charge in [0.15, 0.2) is 11.5 Å². The van der Waals surface area contributed by atoms with Crippen molar-refractivity contribution in [3.05, 3.63) is 93.7 Å². The third kappa shape index (κ3) is 5.71. The summed E-state index contributed by atoms with van der Waals surface area (Å²) in [6.45, 7) is 0.0136. The van der Waals surface area contributed by atoms with Gasteiger partial charge in [-0.25, -0.2) is 4.39 Å². The van der Waals surface area contributed by atoms with Crippen molar-refractivity contribution in [1.29, 1.82) is 5.26 Å². The Hall–Kier alpha value is -3.63. The number of nitriles is 1. The quantitative estimate of drug-likeness (QED) is 0.346. The molecule has 7 heteroatoms. The summed E-state index contributed by atoms with van der Waals surface area (Å²) < 4.78 is 25.5. The van der Waals surface area contributed by atoms with Crippen molar-refractivity contribution in [3.8, 4) is 17.6 Å². The molecule has 0 aliphatic rings. The molecule has 0 unspecified atom stereocenters. The number of carbonyl (C=O) groups excluding carboxylic acids is 1. The number of methoxy groups -OCH3 is 1. The molecular formula is C24H18BrFN2O3. The van der Waals surface area contributed by atoms with Gasteiger partial charge in [0.25, 0.3) is 5.91 Å². The van der Waals surface area contributed by atoms with Gasteiger partial charge in [0.1, 0.15) is 24.1 Å². The van der Waals surface area contributed by atoms with Crippen LogP contribution in [0.15, 0.2) is 76.8 Å². The lowest BCUT2D eigenvalue weighted by atomic mass is 10.1. The number of hydrogen-bond donors (Lipinski definition) is 1. The largest absolute Gasteiger partial charge is 0.493 e. The molecule has 0 saturated heterocycles. The smallest absolute Gasteiger partial charge is 0.266 e. The molecule has 0 aliphatic heterocycles. The number of halogens is 2. The fraction of sp³-hybridized carbons (Fsp3) is 0.0833. The predicted octanol–water partition coefficient (Wildman–Crippen LogP) is 5.72. The lowest BCUT2D eigenvalue weighted by molar-refractivity contribution is -0.112. The normalized spacial score (nSPS) is 10.8. The van der Waals surface area contributed by atoms with E-state index >= 15 is 0 Å². The van der Waals surface area contributed by atoms with Gasteiger partial charge in [0.05, 0.1) is 11.6 Å². The van der Waals surface area contributed by atoms with E-state index in [1.165, 1.54) is 19.3 Å². The summed E-state index contributed by atoms with van der Waals surface area (Å²) in [5.74, 6) is -0.128. The minimum atomic E-state index is -0.524. The van der Waals surface area contributed by atoms with Crippen LogP contribution in [-0.4, -0.2) is 13.0 Å². The Bertz CT molecular complexity index is 1160. The standard InChI is InChI=1S/C24H18BrFN2O3/c1-30-22-13-16(11-18(14-27)24(29)28-19-8-3-2-4-9-19)12-20(25)23(22)31-15-17-7-5-6-10-21(17)26/h2-13H,15H2,1H3,(H,28,29)/b18-11-. The first-order valence-corrected chi connectivity index (χ1v) is 10.0. The highest BCUT2D eigenvalue weighted by molar-refractivity contribution is 9.10. The average molecular weight is 481 g/mol. The molecule has 0 aromatic heterocycles. The van der Waals surface area contributed by atoms with E-state index in [1.807, 2.05) is 12.1 Å². The number of para-hydroxylation sites is 1. The Balaban J connectivity index is 1.83. The van der Waals surface area contributed by atoms with Gasteiger partial charge in [-0.15, -0.1) is 0 Å². The second kappa shape index (κ2) is 10.4. The topological polar surface area (TPSA) is 71.3 Å². The molecule has 0 heterocycles. The highest BCUT2D eigenvalue weighted by Gasteiger charge is 2.15. The fourth-order valence-corrected chi connectivity index (χ4v) is 3.34. The van der Waals surface area contributed by atoms with E-state index in [1.54, 1.807) is 54.6 Å². The van der Waals surface area contributed by atoms with E-state index < -0.39 is 5.91 Å². The molecule has 0 spiro atoms. The van der Waals surface area contributed by atoms with Crippen LogP contribution in [0.4, 0.5) is 10.1 Å². The summed E-state index contributed by atoms with van der Waals surface area (Å²) in [5, 5.41) is 12.1. The third-order valence-electron chi connectivity index (χ3n) is 4.29. The summed E-state index contributed by atoms with van der Waals surface area (Å²) in [6.07, 6.45) is 1.45. The SMILES string of the molecule is COc1cc(/C=C(/C#N)C(=O)Nc2ccccc2)cc(Br)c1OCc1ccccc1F. The van der Waals surface area contributed by atoms with Gasteiger partial charge in [0, 0.05) is 11.3 Å². The van der Waals surface area contributed by atoms with Gasteiger partial charge in [-0.2, -0.15) is 5.26 Å². The van der Waals surface area contributed by atoms with E-state index in [9.17, 15) is 14.4 Å².